The van der Waals surface area contributed by atoms with Crippen LogP contribution in [0.1, 0.15) is 111 Å². The number of aliphatic hydroxyl groups excluding tert-OH is 6. The highest BCUT2D eigenvalue weighted by Crippen LogP contribution is 2.29. The van der Waals surface area contributed by atoms with Gasteiger partial charge in [0.15, 0.2) is 18.5 Å². The Morgan fingerprint density at radius 2 is 1.15 bits per heavy atom. The molecule has 1 rings (SSSR count). The van der Waals surface area contributed by atoms with Crippen molar-refractivity contribution in [1.82, 2.24) is 0 Å². The van der Waals surface area contributed by atoms with Gasteiger partial charge in [0.25, 0.3) is 0 Å². The molecule has 0 aromatic rings. The molecule has 14 heteroatoms. The molecule has 1 aliphatic heterocycles. The monoisotopic (exact) mass is 666 g/mol. The van der Waals surface area contributed by atoms with E-state index in [4.69, 9.17) is 28.8 Å². The lowest BCUT2D eigenvalue weighted by Gasteiger charge is -2.43. The predicted molar refractivity (Wildman–Crippen MR) is 164 cm³/mol. The maximum Gasteiger partial charge on any atom is 0.306 e. The van der Waals surface area contributed by atoms with Gasteiger partial charge in [-0.15, -0.1) is 0 Å². The van der Waals surface area contributed by atoms with E-state index in [0.29, 0.717) is 19.3 Å². The molecule has 0 radical (unpaired) electrons. The third-order valence-corrected chi connectivity index (χ3v) is 7.77. The summed E-state index contributed by atoms with van der Waals surface area (Å²) in [4.78, 5) is 37.9. The summed E-state index contributed by atoms with van der Waals surface area (Å²) in [7, 11) is 0. The Bertz CT molecular complexity index is 842. The molecule has 270 valence electrons. The number of esters is 3. The summed E-state index contributed by atoms with van der Waals surface area (Å²) in [6, 6.07) is 0. The molecule has 0 aromatic carbocycles. The fourth-order valence-electron chi connectivity index (χ4n) is 4.87. The average molecular weight is 667 g/mol. The summed E-state index contributed by atoms with van der Waals surface area (Å²) in [5.74, 6) is -1.83. The fraction of sp³-hybridized carbons (Fsp3) is 0.906. The number of carbonyl (C=O) groups excluding carboxylic acids is 3. The minimum absolute atomic E-state index is 0.0342. The molecule has 46 heavy (non-hydrogen) atoms. The van der Waals surface area contributed by atoms with Crippen LogP contribution in [0.4, 0.5) is 0 Å². The summed E-state index contributed by atoms with van der Waals surface area (Å²) in [6.07, 6.45) is -5.80. The quantitative estimate of drug-likeness (QED) is 0.0461. The van der Waals surface area contributed by atoms with E-state index in [-0.39, 0.29) is 19.3 Å². The van der Waals surface area contributed by atoms with Crippen LogP contribution in [0.5, 0.6) is 0 Å². The van der Waals surface area contributed by atoms with E-state index in [2.05, 4.69) is 6.92 Å². The Morgan fingerprint density at radius 1 is 0.674 bits per heavy atom. The smallest absolute Gasteiger partial charge is 0.306 e. The zero-order valence-corrected chi connectivity index (χ0v) is 27.7. The Hall–Kier alpha value is -1.91. The van der Waals surface area contributed by atoms with E-state index in [1.165, 1.54) is 0 Å². The van der Waals surface area contributed by atoms with Gasteiger partial charge in [-0.3, -0.25) is 14.4 Å². The molecule has 6 N–H and O–H groups in total. The summed E-state index contributed by atoms with van der Waals surface area (Å²) in [6.45, 7) is 3.99. The normalized spacial score (nSPS) is 24.1. The van der Waals surface area contributed by atoms with Gasteiger partial charge in [0.1, 0.15) is 43.2 Å². The summed E-state index contributed by atoms with van der Waals surface area (Å²) in [5.41, 5.74) is 0. The zero-order valence-electron chi connectivity index (χ0n) is 27.7. The van der Waals surface area contributed by atoms with Crippen LogP contribution in [0.3, 0.4) is 0 Å². The van der Waals surface area contributed by atoms with Crippen LogP contribution in [0.2, 0.25) is 0 Å². The first-order valence-electron chi connectivity index (χ1n) is 16.8. The van der Waals surface area contributed by atoms with Gasteiger partial charge in [0, 0.05) is 19.3 Å². The van der Waals surface area contributed by atoms with Crippen LogP contribution in [0.25, 0.3) is 0 Å². The number of aliphatic hydroxyl groups is 6. The highest BCUT2D eigenvalue weighted by molar-refractivity contribution is 5.70. The summed E-state index contributed by atoms with van der Waals surface area (Å²) in [5, 5.41) is 60.7. The van der Waals surface area contributed by atoms with Crippen LogP contribution < -0.4 is 0 Å². The molecular formula is C32H58O14. The number of ether oxygens (including phenoxy) is 5. The van der Waals surface area contributed by atoms with E-state index >= 15 is 0 Å². The average Bonchev–Trinajstić information content (AvgIpc) is 3.04. The van der Waals surface area contributed by atoms with Gasteiger partial charge in [0.2, 0.25) is 0 Å². The fourth-order valence-corrected chi connectivity index (χ4v) is 4.87. The lowest BCUT2D eigenvalue weighted by molar-refractivity contribution is -0.312. The van der Waals surface area contributed by atoms with Gasteiger partial charge in [-0.25, -0.2) is 0 Å². The van der Waals surface area contributed by atoms with Gasteiger partial charge in [-0.1, -0.05) is 72.1 Å². The van der Waals surface area contributed by atoms with Gasteiger partial charge >= 0.3 is 17.9 Å². The van der Waals surface area contributed by atoms with Crippen LogP contribution in [0.15, 0.2) is 0 Å². The number of carbonyl (C=O) groups is 3. The third-order valence-electron chi connectivity index (χ3n) is 7.77. The molecule has 1 saturated heterocycles. The molecule has 0 unspecified atom stereocenters. The number of hydrogen-bond donors (Lipinski definition) is 6. The summed E-state index contributed by atoms with van der Waals surface area (Å²) < 4.78 is 28.1. The molecular weight excluding hydrogens is 608 g/mol. The Morgan fingerprint density at radius 3 is 1.72 bits per heavy atom. The highest BCUT2D eigenvalue weighted by atomic mass is 16.7. The van der Waals surface area contributed by atoms with Crippen molar-refractivity contribution in [3.05, 3.63) is 0 Å². The van der Waals surface area contributed by atoms with Gasteiger partial charge in [0.05, 0.1) is 13.2 Å². The summed E-state index contributed by atoms with van der Waals surface area (Å²) >= 11 is 0. The van der Waals surface area contributed by atoms with Crippen molar-refractivity contribution in [3.8, 4) is 0 Å². The lowest BCUT2D eigenvalue weighted by atomic mass is 9.98. The first kappa shape index (κ1) is 42.1. The van der Waals surface area contributed by atoms with E-state index in [9.17, 15) is 39.9 Å². The first-order chi connectivity index (χ1) is 22.0. The van der Waals surface area contributed by atoms with Crippen molar-refractivity contribution in [3.63, 3.8) is 0 Å². The Kier molecular flexibility index (Phi) is 22.2. The number of unbranched alkanes of at least 4 members (excludes halogenated alkanes) is 8. The molecule has 0 aromatic heterocycles. The molecule has 1 heterocycles. The molecule has 14 nitrogen and oxygen atoms in total. The molecule has 1 fully saturated rings. The maximum atomic E-state index is 12.8. The lowest BCUT2D eigenvalue weighted by Crippen LogP contribution is -2.62. The molecule has 0 aliphatic carbocycles. The Labute approximate surface area is 272 Å². The molecule has 0 bridgehead atoms. The highest BCUT2D eigenvalue weighted by Gasteiger charge is 2.50. The predicted octanol–water partition coefficient (Wildman–Crippen LogP) is 1.41. The van der Waals surface area contributed by atoms with E-state index in [1.54, 1.807) is 0 Å². The second-order valence-electron chi connectivity index (χ2n) is 11.8. The van der Waals surface area contributed by atoms with Crippen LogP contribution in [0, 0.1) is 0 Å². The molecule has 0 saturated carbocycles. The molecule has 0 amide bonds. The van der Waals surface area contributed by atoms with Crippen LogP contribution in [-0.4, -0.2) is 123 Å². The van der Waals surface area contributed by atoms with Crippen molar-refractivity contribution in [2.45, 2.75) is 166 Å². The third kappa shape index (κ3) is 15.8. The van der Waals surface area contributed by atoms with Crippen molar-refractivity contribution in [2.24, 2.45) is 0 Å². The SMILES string of the molecule is CCCCCCCC(=O)O[C@@H]1[C@H](OC[C@@H](O)[C@@H](O)[C@H](O)[C@H](O)CO)O[C@H](COC(=O)CCCCC)[C@@H](OC(=O)CCCCC)[C@@H]1O. The Balaban J connectivity index is 3.18. The second kappa shape index (κ2) is 24.3. The van der Waals surface area contributed by atoms with Crippen molar-refractivity contribution < 1.29 is 68.7 Å². The van der Waals surface area contributed by atoms with Gasteiger partial charge in [-0.05, 0) is 19.3 Å². The van der Waals surface area contributed by atoms with Gasteiger partial charge < -0.3 is 54.3 Å². The number of rotatable bonds is 25. The van der Waals surface area contributed by atoms with Crippen molar-refractivity contribution in [1.29, 1.82) is 0 Å². The number of hydrogen-bond acceptors (Lipinski definition) is 14. The first-order valence-corrected chi connectivity index (χ1v) is 16.8. The van der Waals surface area contributed by atoms with Crippen molar-refractivity contribution >= 4 is 17.9 Å². The van der Waals surface area contributed by atoms with Crippen LogP contribution in [-0.2, 0) is 38.1 Å². The zero-order chi connectivity index (χ0) is 34.5. The molecule has 9 atom stereocenters. The largest absolute Gasteiger partial charge is 0.463 e. The van der Waals surface area contributed by atoms with E-state index < -0.39 is 92.9 Å². The minimum atomic E-state index is -1.95. The van der Waals surface area contributed by atoms with Crippen molar-refractivity contribution in [2.75, 3.05) is 19.8 Å². The molecule has 0 spiro atoms. The van der Waals surface area contributed by atoms with Gasteiger partial charge in [-0.2, -0.15) is 0 Å². The molecule has 1 aliphatic rings. The standard InChI is InChI=1S/C32H58O14/c1-4-7-10-11-14-17-26(38)46-31-29(41)30(45-25(37)16-13-9-6-3)23(20-42-24(36)15-12-8-5-2)44-32(31)43-19-22(35)28(40)27(39)21(34)18-33/h21-23,27-35,39-41H,4-20H2,1-3H3/t21-,22-,23-,27-,28-,29+,30-,31+,32-/m1/s1. The van der Waals surface area contributed by atoms with E-state index in [0.717, 1.165) is 51.4 Å². The maximum absolute atomic E-state index is 12.8. The second-order valence-corrected chi connectivity index (χ2v) is 11.8. The minimum Gasteiger partial charge on any atom is -0.463 e. The van der Waals surface area contributed by atoms with Crippen LogP contribution >= 0.6 is 0 Å². The topological polar surface area (TPSA) is 219 Å². The van der Waals surface area contributed by atoms with E-state index in [1.807, 2.05) is 13.8 Å².